The zero-order valence-electron chi connectivity index (χ0n) is 13.7. The molecule has 5 nitrogen and oxygen atoms in total. The topological polar surface area (TPSA) is 66.5 Å². The summed E-state index contributed by atoms with van der Waals surface area (Å²) in [5.74, 6) is -1.31. The predicted octanol–water partition coefficient (Wildman–Crippen LogP) is 3.57. The molecule has 4 amide bonds. The van der Waals surface area contributed by atoms with Crippen molar-refractivity contribution in [3.05, 3.63) is 68.3 Å². The van der Waals surface area contributed by atoms with Crippen molar-refractivity contribution < 1.29 is 14.4 Å². The molecule has 0 bridgehead atoms. The quantitative estimate of drug-likeness (QED) is 0.436. The van der Waals surface area contributed by atoms with Crippen LogP contribution in [0.4, 0.5) is 10.5 Å². The first-order valence-corrected chi connectivity index (χ1v) is 8.69. The number of halogens is 1. The van der Waals surface area contributed by atoms with Gasteiger partial charge in [0.25, 0.3) is 11.8 Å². The first-order chi connectivity index (χ1) is 11.9. The van der Waals surface area contributed by atoms with Crippen molar-refractivity contribution in [2.24, 2.45) is 0 Å². The third kappa shape index (κ3) is 3.34. The van der Waals surface area contributed by atoms with Crippen LogP contribution in [0, 0.1) is 17.4 Å². The van der Waals surface area contributed by atoms with E-state index in [0.29, 0.717) is 5.69 Å². The fraction of sp³-hybridized carbons (Fsp3) is 0.105. The number of imide groups is 2. The molecule has 1 aliphatic heterocycles. The lowest BCUT2D eigenvalue weighted by atomic mass is 10.1. The monoisotopic (exact) mass is 446 g/mol. The van der Waals surface area contributed by atoms with Crippen LogP contribution < -0.4 is 10.2 Å². The molecular formula is C19H15IN2O3. The van der Waals surface area contributed by atoms with Crippen LogP contribution in [0.1, 0.15) is 16.7 Å². The first-order valence-electron chi connectivity index (χ1n) is 7.61. The Hall–Kier alpha value is -2.48. The Morgan fingerprint density at radius 3 is 2.40 bits per heavy atom. The van der Waals surface area contributed by atoms with Crippen molar-refractivity contribution >= 4 is 52.2 Å². The van der Waals surface area contributed by atoms with Gasteiger partial charge in [0.1, 0.15) is 5.57 Å². The van der Waals surface area contributed by atoms with Gasteiger partial charge in [0, 0.05) is 3.57 Å². The molecule has 1 saturated heterocycles. The average molecular weight is 446 g/mol. The maximum absolute atomic E-state index is 12.8. The van der Waals surface area contributed by atoms with Crippen LogP contribution >= 0.6 is 22.6 Å². The summed E-state index contributed by atoms with van der Waals surface area (Å²) in [6, 6.07) is 11.9. The molecule has 126 valence electrons. The first kappa shape index (κ1) is 17.3. The molecule has 0 unspecified atom stereocenters. The minimum Gasteiger partial charge on any atom is -0.273 e. The van der Waals surface area contributed by atoms with Crippen LogP contribution in [-0.4, -0.2) is 17.8 Å². The van der Waals surface area contributed by atoms with E-state index in [1.54, 1.807) is 12.1 Å². The van der Waals surface area contributed by atoms with E-state index in [1.165, 1.54) is 6.08 Å². The van der Waals surface area contributed by atoms with Gasteiger partial charge in [-0.05, 0) is 77.4 Å². The van der Waals surface area contributed by atoms with E-state index in [0.717, 1.165) is 25.2 Å². The van der Waals surface area contributed by atoms with Gasteiger partial charge in [0.15, 0.2) is 0 Å². The maximum atomic E-state index is 12.8. The highest BCUT2D eigenvalue weighted by molar-refractivity contribution is 14.1. The summed E-state index contributed by atoms with van der Waals surface area (Å²) in [5, 5.41) is 2.24. The second kappa shape index (κ2) is 6.79. The summed E-state index contributed by atoms with van der Waals surface area (Å²) in [7, 11) is 0. The van der Waals surface area contributed by atoms with E-state index in [-0.39, 0.29) is 5.57 Å². The van der Waals surface area contributed by atoms with Crippen LogP contribution in [0.3, 0.4) is 0 Å². The van der Waals surface area contributed by atoms with Crippen molar-refractivity contribution in [3.8, 4) is 0 Å². The van der Waals surface area contributed by atoms with Gasteiger partial charge in [-0.3, -0.25) is 14.9 Å². The number of hydrogen-bond donors (Lipinski definition) is 1. The molecule has 1 heterocycles. The summed E-state index contributed by atoms with van der Waals surface area (Å²) in [6.07, 6.45) is 1.51. The zero-order valence-corrected chi connectivity index (χ0v) is 15.8. The minimum absolute atomic E-state index is 0.0676. The summed E-state index contributed by atoms with van der Waals surface area (Å²) in [5.41, 5.74) is 3.13. The summed E-state index contributed by atoms with van der Waals surface area (Å²) >= 11 is 2.13. The van der Waals surface area contributed by atoms with Gasteiger partial charge < -0.3 is 0 Å². The van der Waals surface area contributed by atoms with E-state index in [2.05, 4.69) is 27.9 Å². The van der Waals surface area contributed by atoms with E-state index >= 15 is 0 Å². The summed E-state index contributed by atoms with van der Waals surface area (Å²) in [6.45, 7) is 3.85. The molecule has 0 radical (unpaired) electrons. The van der Waals surface area contributed by atoms with Gasteiger partial charge in [0.05, 0.1) is 5.69 Å². The Bertz CT molecular complexity index is 934. The SMILES string of the molecule is Cc1ccc(N2C(=O)NC(=O)/C(=C\c3ccccc3I)C2=O)cc1C. The molecule has 3 rings (SSSR count). The van der Waals surface area contributed by atoms with Crippen LogP contribution in [-0.2, 0) is 9.59 Å². The number of nitrogens with one attached hydrogen (secondary N) is 1. The molecule has 0 saturated carbocycles. The molecular weight excluding hydrogens is 431 g/mol. The van der Waals surface area contributed by atoms with Crippen LogP contribution in [0.25, 0.3) is 6.08 Å². The lowest BCUT2D eigenvalue weighted by molar-refractivity contribution is -0.122. The van der Waals surface area contributed by atoms with Crippen molar-refractivity contribution in [2.75, 3.05) is 4.90 Å². The number of anilines is 1. The zero-order chi connectivity index (χ0) is 18.1. The van der Waals surface area contributed by atoms with Crippen LogP contribution in [0.5, 0.6) is 0 Å². The molecule has 0 aliphatic carbocycles. The number of benzene rings is 2. The number of nitrogens with zero attached hydrogens (tertiary/aromatic N) is 1. The number of barbiturate groups is 1. The number of carbonyl (C=O) groups is 3. The Morgan fingerprint density at radius 2 is 1.72 bits per heavy atom. The highest BCUT2D eigenvalue weighted by atomic mass is 127. The van der Waals surface area contributed by atoms with Gasteiger partial charge in [-0.2, -0.15) is 0 Å². The smallest absolute Gasteiger partial charge is 0.273 e. The van der Waals surface area contributed by atoms with Crippen LogP contribution in [0.15, 0.2) is 48.0 Å². The Labute approximate surface area is 158 Å². The molecule has 6 heteroatoms. The molecule has 1 aliphatic rings. The number of carbonyl (C=O) groups excluding carboxylic acids is 3. The Kier molecular flexibility index (Phi) is 4.71. The summed E-state index contributed by atoms with van der Waals surface area (Å²) < 4.78 is 0.905. The minimum atomic E-state index is -0.738. The predicted molar refractivity (Wildman–Crippen MR) is 104 cm³/mol. The number of hydrogen-bond acceptors (Lipinski definition) is 3. The number of rotatable bonds is 2. The highest BCUT2D eigenvalue weighted by Crippen LogP contribution is 2.25. The van der Waals surface area contributed by atoms with Crippen molar-refractivity contribution in [1.29, 1.82) is 0 Å². The third-order valence-electron chi connectivity index (χ3n) is 4.06. The maximum Gasteiger partial charge on any atom is 0.335 e. The van der Waals surface area contributed by atoms with E-state index < -0.39 is 17.8 Å². The fourth-order valence-corrected chi connectivity index (χ4v) is 3.05. The second-order valence-electron chi connectivity index (χ2n) is 5.75. The van der Waals surface area contributed by atoms with Gasteiger partial charge in [0.2, 0.25) is 0 Å². The number of urea groups is 1. The number of amides is 4. The molecule has 2 aromatic carbocycles. The summed E-state index contributed by atoms with van der Waals surface area (Å²) in [4.78, 5) is 38.2. The molecule has 0 spiro atoms. The van der Waals surface area contributed by atoms with E-state index in [1.807, 2.05) is 44.2 Å². The van der Waals surface area contributed by atoms with Gasteiger partial charge >= 0.3 is 6.03 Å². The van der Waals surface area contributed by atoms with Crippen LogP contribution in [0.2, 0.25) is 0 Å². The van der Waals surface area contributed by atoms with Gasteiger partial charge in [-0.1, -0.05) is 24.3 Å². The normalized spacial score (nSPS) is 16.4. The Morgan fingerprint density at radius 1 is 1.00 bits per heavy atom. The molecule has 1 fully saturated rings. The van der Waals surface area contributed by atoms with E-state index in [9.17, 15) is 14.4 Å². The standard InChI is InChI=1S/C19H15IN2O3/c1-11-7-8-14(9-12(11)2)22-18(24)15(17(23)21-19(22)25)10-13-5-3-4-6-16(13)20/h3-10H,1-2H3,(H,21,23,25)/b15-10+. The highest BCUT2D eigenvalue weighted by Gasteiger charge is 2.36. The fourth-order valence-electron chi connectivity index (χ4n) is 2.50. The molecule has 0 atom stereocenters. The lowest BCUT2D eigenvalue weighted by Gasteiger charge is -2.27. The van der Waals surface area contributed by atoms with Crippen molar-refractivity contribution in [2.45, 2.75) is 13.8 Å². The Balaban J connectivity index is 2.05. The largest absolute Gasteiger partial charge is 0.335 e. The number of aryl methyl sites for hydroxylation is 2. The van der Waals surface area contributed by atoms with Gasteiger partial charge in [-0.25, -0.2) is 9.69 Å². The average Bonchev–Trinajstić information content (AvgIpc) is 2.56. The van der Waals surface area contributed by atoms with Crippen molar-refractivity contribution in [3.63, 3.8) is 0 Å². The molecule has 25 heavy (non-hydrogen) atoms. The molecule has 1 N–H and O–H groups in total. The second-order valence-corrected chi connectivity index (χ2v) is 6.91. The van der Waals surface area contributed by atoms with Crippen molar-refractivity contribution in [1.82, 2.24) is 5.32 Å². The van der Waals surface area contributed by atoms with Gasteiger partial charge in [-0.15, -0.1) is 0 Å². The molecule has 2 aromatic rings. The molecule has 0 aromatic heterocycles. The third-order valence-corrected chi connectivity index (χ3v) is 5.04. The van der Waals surface area contributed by atoms with E-state index in [4.69, 9.17) is 0 Å². The lowest BCUT2D eigenvalue weighted by Crippen LogP contribution is -2.54.